The minimum atomic E-state index is -0.851. The zero-order valence-corrected chi connectivity index (χ0v) is 15.2. The van der Waals surface area contributed by atoms with Crippen LogP contribution in [0.25, 0.3) is 0 Å². The van der Waals surface area contributed by atoms with Gasteiger partial charge in [-0.15, -0.1) is 0 Å². The molecule has 0 saturated carbocycles. The summed E-state index contributed by atoms with van der Waals surface area (Å²) in [6.45, 7) is 9.11. The summed E-state index contributed by atoms with van der Waals surface area (Å²) in [5.74, 6) is -0.550. The van der Waals surface area contributed by atoms with Crippen molar-refractivity contribution in [2.45, 2.75) is 59.4 Å². The van der Waals surface area contributed by atoms with Gasteiger partial charge in [-0.3, -0.25) is 4.79 Å². The van der Waals surface area contributed by atoms with Crippen LogP contribution in [0.15, 0.2) is 34.9 Å². The number of thiol groups is 1. The molecule has 0 aromatic carbocycles. The van der Waals surface area contributed by atoms with Gasteiger partial charge in [-0.05, 0) is 53.4 Å². The third-order valence-electron chi connectivity index (χ3n) is 3.42. The fraction of sp³-hybridized carbons (Fsp3) is 0.611. The van der Waals surface area contributed by atoms with Gasteiger partial charge in [0.2, 0.25) is 0 Å². The Labute approximate surface area is 141 Å². The lowest BCUT2D eigenvalue weighted by Gasteiger charge is -2.10. The number of aliphatic carboxylic acids is 1. The van der Waals surface area contributed by atoms with Crippen LogP contribution in [0.5, 0.6) is 0 Å². The number of rotatable bonds is 11. The van der Waals surface area contributed by atoms with Gasteiger partial charge < -0.3 is 10.4 Å². The van der Waals surface area contributed by atoms with Crippen LogP contribution < -0.4 is 5.32 Å². The first-order valence-electron chi connectivity index (χ1n) is 7.88. The van der Waals surface area contributed by atoms with E-state index in [9.17, 15) is 4.79 Å². The first-order valence-corrected chi connectivity index (χ1v) is 8.51. The van der Waals surface area contributed by atoms with Crippen LogP contribution in [0.4, 0.5) is 0 Å². The average molecular weight is 326 g/mol. The smallest absolute Gasteiger partial charge is 0.321 e. The molecule has 126 valence electrons. The summed E-state index contributed by atoms with van der Waals surface area (Å²) in [6.07, 6.45) is 10.9. The van der Waals surface area contributed by atoms with Crippen molar-refractivity contribution in [1.82, 2.24) is 5.32 Å². The second kappa shape index (κ2) is 12.5. The highest BCUT2D eigenvalue weighted by Gasteiger charge is 2.12. The Balaban J connectivity index is 4.01. The molecule has 0 aromatic rings. The van der Waals surface area contributed by atoms with Crippen LogP contribution >= 0.6 is 12.6 Å². The predicted molar refractivity (Wildman–Crippen MR) is 98.7 cm³/mol. The minimum absolute atomic E-state index is 0.301. The van der Waals surface area contributed by atoms with Gasteiger partial charge in [0.25, 0.3) is 0 Å². The van der Waals surface area contributed by atoms with Gasteiger partial charge in [0.15, 0.2) is 0 Å². The third kappa shape index (κ3) is 11.6. The molecule has 0 rings (SSSR count). The summed E-state index contributed by atoms with van der Waals surface area (Å²) in [5, 5.41) is 11.9. The second-order valence-electron chi connectivity index (χ2n) is 5.94. The normalized spacial score (nSPS) is 13.9. The van der Waals surface area contributed by atoms with Crippen molar-refractivity contribution in [1.29, 1.82) is 0 Å². The van der Waals surface area contributed by atoms with Crippen molar-refractivity contribution >= 4 is 18.6 Å². The maximum absolute atomic E-state index is 10.8. The summed E-state index contributed by atoms with van der Waals surface area (Å²) in [7, 11) is 0. The monoisotopic (exact) mass is 325 g/mol. The molecule has 0 bridgehead atoms. The number of hydrogen-bond acceptors (Lipinski definition) is 3. The lowest BCUT2D eigenvalue weighted by atomic mass is 10.1. The zero-order chi connectivity index (χ0) is 17.0. The first-order chi connectivity index (χ1) is 10.4. The predicted octanol–water partition coefficient (Wildman–Crippen LogP) is 4.38. The molecule has 0 aliphatic rings. The van der Waals surface area contributed by atoms with Crippen LogP contribution in [0.3, 0.4) is 0 Å². The van der Waals surface area contributed by atoms with E-state index in [0.29, 0.717) is 12.3 Å². The summed E-state index contributed by atoms with van der Waals surface area (Å²) in [5.41, 5.74) is 4.09. The van der Waals surface area contributed by atoms with Gasteiger partial charge in [0.05, 0.1) is 0 Å². The van der Waals surface area contributed by atoms with Crippen molar-refractivity contribution in [3.63, 3.8) is 0 Å². The van der Waals surface area contributed by atoms with Crippen LogP contribution in [0.2, 0.25) is 0 Å². The van der Waals surface area contributed by atoms with Crippen LogP contribution in [0, 0.1) is 0 Å². The highest BCUT2D eigenvalue weighted by molar-refractivity contribution is 7.80. The van der Waals surface area contributed by atoms with Crippen molar-refractivity contribution in [2.75, 3.05) is 12.3 Å². The van der Waals surface area contributed by atoms with Crippen LogP contribution in [0.1, 0.15) is 53.4 Å². The highest BCUT2D eigenvalue weighted by atomic mass is 32.1. The molecule has 0 aliphatic heterocycles. The third-order valence-corrected chi connectivity index (χ3v) is 3.78. The molecule has 0 aromatic heterocycles. The Hall–Kier alpha value is -1.00. The van der Waals surface area contributed by atoms with E-state index in [0.717, 1.165) is 25.7 Å². The van der Waals surface area contributed by atoms with Crippen molar-refractivity contribution < 1.29 is 9.90 Å². The SMILES string of the molecule is CC(C)=CCC/C(C)=C/CC/C(C)=C/CN[C@@H](CS)C(=O)O. The fourth-order valence-corrected chi connectivity index (χ4v) is 2.23. The van der Waals surface area contributed by atoms with E-state index in [4.69, 9.17) is 5.11 Å². The van der Waals surface area contributed by atoms with Crippen molar-refractivity contribution in [3.05, 3.63) is 34.9 Å². The maximum Gasteiger partial charge on any atom is 0.321 e. The molecule has 0 radical (unpaired) electrons. The molecule has 3 nitrogen and oxygen atoms in total. The Kier molecular flexibility index (Phi) is 12.0. The molecule has 2 N–H and O–H groups in total. The summed E-state index contributed by atoms with van der Waals surface area (Å²) in [6, 6.07) is -0.579. The Bertz CT molecular complexity index is 421. The molecule has 0 spiro atoms. The number of carbonyl (C=O) groups is 1. The van der Waals surface area contributed by atoms with Crippen LogP contribution in [-0.4, -0.2) is 29.4 Å². The first kappa shape index (κ1) is 21.0. The van der Waals surface area contributed by atoms with Gasteiger partial charge in [-0.2, -0.15) is 12.6 Å². The van der Waals surface area contributed by atoms with Crippen molar-refractivity contribution in [3.8, 4) is 0 Å². The van der Waals surface area contributed by atoms with Gasteiger partial charge in [0.1, 0.15) is 6.04 Å². The summed E-state index contributed by atoms with van der Waals surface area (Å²) >= 11 is 4.02. The molecule has 0 saturated heterocycles. The molecule has 0 aliphatic carbocycles. The summed E-state index contributed by atoms with van der Waals surface area (Å²) in [4.78, 5) is 10.8. The maximum atomic E-state index is 10.8. The summed E-state index contributed by atoms with van der Waals surface area (Å²) < 4.78 is 0. The lowest BCUT2D eigenvalue weighted by Crippen LogP contribution is -2.38. The van der Waals surface area contributed by atoms with E-state index in [1.54, 1.807) is 0 Å². The van der Waals surface area contributed by atoms with E-state index >= 15 is 0 Å². The minimum Gasteiger partial charge on any atom is -0.480 e. The van der Waals surface area contributed by atoms with E-state index in [1.807, 2.05) is 0 Å². The van der Waals surface area contributed by atoms with E-state index in [-0.39, 0.29) is 0 Å². The lowest BCUT2D eigenvalue weighted by molar-refractivity contribution is -0.138. The molecule has 4 heteroatoms. The largest absolute Gasteiger partial charge is 0.480 e. The molecule has 22 heavy (non-hydrogen) atoms. The van der Waals surface area contributed by atoms with Gasteiger partial charge >= 0.3 is 5.97 Å². The van der Waals surface area contributed by atoms with E-state index in [1.165, 1.54) is 16.7 Å². The number of nitrogens with one attached hydrogen (secondary N) is 1. The molecular weight excluding hydrogens is 294 g/mol. The van der Waals surface area contributed by atoms with E-state index < -0.39 is 12.0 Å². The molecule has 0 unspecified atom stereocenters. The number of allylic oxidation sites excluding steroid dienone is 5. The van der Waals surface area contributed by atoms with Gasteiger partial charge in [-0.25, -0.2) is 0 Å². The zero-order valence-electron chi connectivity index (χ0n) is 14.4. The molecule has 0 heterocycles. The van der Waals surface area contributed by atoms with Gasteiger partial charge in [0, 0.05) is 12.3 Å². The van der Waals surface area contributed by atoms with E-state index in [2.05, 4.69) is 63.9 Å². The molecule has 0 amide bonds. The standard InChI is InChI=1S/C18H31NO2S/c1-14(2)7-5-8-15(3)9-6-10-16(4)11-12-19-17(13-22)18(20)21/h7,9,11,17,19,22H,5-6,8,10,12-13H2,1-4H3,(H,20,21)/b15-9+,16-11+/t17-/m0/s1. The molecular formula is C18H31NO2S. The molecule has 0 fully saturated rings. The number of carboxylic acid groups (broad SMARTS) is 1. The number of carboxylic acids is 1. The van der Waals surface area contributed by atoms with Gasteiger partial charge in [-0.1, -0.05) is 34.9 Å². The average Bonchev–Trinajstić information content (AvgIpc) is 2.42. The topological polar surface area (TPSA) is 49.3 Å². The Morgan fingerprint density at radius 3 is 2.09 bits per heavy atom. The second-order valence-corrected chi connectivity index (χ2v) is 6.31. The Morgan fingerprint density at radius 1 is 1.05 bits per heavy atom. The fourth-order valence-electron chi connectivity index (χ4n) is 1.94. The van der Waals surface area contributed by atoms with Crippen LogP contribution in [-0.2, 0) is 4.79 Å². The highest BCUT2D eigenvalue weighted by Crippen LogP contribution is 2.11. The quantitative estimate of drug-likeness (QED) is 0.390. The Morgan fingerprint density at radius 2 is 1.59 bits per heavy atom. The number of hydrogen-bond donors (Lipinski definition) is 3. The van der Waals surface area contributed by atoms with Crippen molar-refractivity contribution in [2.24, 2.45) is 0 Å². The molecule has 1 atom stereocenters.